The van der Waals surface area contributed by atoms with Crippen LogP contribution in [0.1, 0.15) is 53.9 Å². The Morgan fingerprint density at radius 3 is 2.37 bits per heavy atom. The summed E-state index contributed by atoms with van der Waals surface area (Å²) in [7, 11) is 0. The van der Waals surface area contributed by atoms with Gasteiger partial charge in [0.05, 0.1) is 17.9 Å². The molecule has 1 rings (SSSR count). The molecule has 2 atom stereocenters. The third-order valence-electron chi connectivity index (χ3n) is 3.30. The summed E-state index contributed by atoms with van der Waals surface area (Å²) in [4.78, 5) is 35.3. The highest BCUT2D eigenvalue weighted by atomic mass is 16.6. The van der Waals surface area contributed by atoms with Gasteiger partial charge >= 0.3 is 5.97 Å². The number of hydrogen-bond acceptors (Lipinski definition) is 4. The first-order valence-electron chi connectivity index (χ1n) is 6.67. The molecule has 1 amide bonds. The SMILES string of the molecule is CC[C@]1(C[C@H](C)C(=O)OC(C)(C)C)NC(=O)CC1=O. The molecule has 1 N–H and O–H groups in total. The van der Waals surface area contributed by atoms with Crippen LogP contribution in [0.4, 0.5) is 0 Å². The summed E-state index contributed by atoms with van der Waals surface area (Å²) in [5, 5.41) is 2.72. The van der Waals surface area contributed by atoms with Gasteiger partial charge in [0.25, 0.3) is 0 Å². The molecule has 5 nitrogen and oxygen atoms in total. The summed E-state index contributed by atoms with van der Waals surface area (Å²) in [6.07, 6.45) is 0.697. The van der Waals surface area contributed by atoms with Gasteiger partial charge < -0.3 is 10.1 Å². The van der Waals surface area contributed by atoms with Crippen molar-refractivity contribution in [3.8, 4) is 0 Å². The molecule has 0 aliphatic carbocycles. The van der Waals surface area contributed by atoms with Crippen molar-refractivity contribution in [3.05, 3.63) is 0 Å². The summed E-state index contributed by atoms with van der Waals surface area (Å²) in [6.45, 7) is 8.97. The summed E-state index contributed by atoms with van der Waals surface area (Å²) in [6, 6.07) is 0. The molecule has 5 heteroatoms. The van der Waals surface area contributed by atoms with Crippen LogP contribution in [-0.2, 0) is 19.1 Å². The Kier molecular flexibility index (Phi) is 4.38. The molecule has 0 bridgehead atoms. The van der Waals surface area contributed by atoms with E-state index in [4.69, 9.17) is 4.74 Å². The Morgan fingerprint density at radius 2 is 2.00 bits per heavy atom. The van der Waals surface area contributed by atoms with Crippen molar-refractivity contribution in [2.45, 2.75) is 65.0 Å². The normalized spacial score (nSPS) is 25.1. The molecular weight excluding hydrogens is 246 g/mol. The highest BCUT2D eigenvalue weighted by molar-refractivity contribution is 6.10. The predicted octanol–water partition coefficient (Wildman–Crippen LogP) is 1.59. The number of nitrogens with one attached hydrogen (secondary N) is 1. The van der Waals surface area contributed by atoms with Gasteiger partial charge in [0.15, 0.2) is 5.78 Å². The highest BCUT2D eigenvalue weighted by Crippen LogP contribution is 2.29. The van der Waals surface area contributed by atoms with Crippen molar-refractivity contribution in [1.82, 2.24) is 5.32 Å². The minimum Gasteiger partial charge on any atom is -0.460 e. The van der Waals surface area contributed by atoms with Crippen LogP contribution >= 0.6 is 0 Å². The summed E-state index contributed by atoms with van der Waals surface area (Å²) in [5.41, 5.74) is -1.44. The van der Waals surface area contributed by atoms with Crippen molar-refractivity contribution in [1.29, 1.82) is 0 Å². The minimum atomic E-state index is -0.895. The molecule has 1 aliphatic rings. The second-order valence-electron chi connectivity index (χ2n) is 6.22. The molecule has 1 fully saturated rings. The van der Waals surface area contributed by atoms with Crippen LogP contribution in [0.15, 0.2) is 0 Å². The number of carbonyl (C=O) groups is 3. The first-order valence-corrected chi connectivity index (χ1v) is 6.67. The van der Waals surface area contributed by atoms with Crippen LogP contribution in [0.5, 0.6) is 0 Å². The second-order valence-corrected chi connectivity index (χ2v) is 6.22. The molecule has 0 aromatic carbocycles. The standard InChI is InChI=1S/C14H23NO4/c1-6-14(10(16)7-11(17)15-14)8-9(2)12(18)19-13(3,4)5/h9H,6-8H2,1-5H3,(H,15,17)/t9-,14+/m0/s1. The van der Waals surface area contributed by atoms with Gasteiger partial charge in [-0.1, -0.05) is 13.8 Å². The smallest absolute Gasteiger partial charge is 0.309 e. The second kappa shape index (κ2) is 5.31. The number of hydrogen-bond donors (Lipinski definition) is 1. The minimum absolute atomic E-state index is 0.0884. The number of esters is 1. The van der Waals surface area contributed by atoms with Gasteiger partial charge in [0, 0.05) is 0 Å². The maximum atomic E-state index is 11.9. The van der Waals surface area contributed by atoms with Crippen molar-refractivity contribution < 1.29 is 19.1 Å². The van der Waals surface area contributed by atoms with Crippen LogP contribution in [0.3, 0.4) is 0 Å². The van der Waals surface area contributed by atoms with Crippen molar-refractivity contribution in [2.75, 3.05) is 0 Å². The van der Waals surface area contributed by atoms with E-state index in [0.717, 1.165) is 0 Å². The van der Waals surface area contributed by atoms with E-state index in [1.54, 1.807) is 27.7 Å². The van der Waals surface area contributed by atoms with E-state index in [1.807, 2.05) is 6.92 Å². The number of amides is 1. The monoisotopic (exact) mass is 269 g/mol. The lowest BCUT2D eigenvalue weighted by molar-refractivity contribution is -0.160. The maximum Gasteiger partial charge on any atom is 0.309 e. The number of ketones is 1. The van der Waals surface area contributed by atoms with Gasteiger partial charge in [-0.25, -0.2) is 0 Å². The van der Waals surface area contributed by atoms with E-state index >= 15 is 0 Å². The molecule has 0 spiro atoms. The van der Waals surface area contributed by atoms with Crippen LogP contribution in [0.2, 0.25) is 0 Å². The fourth-order valence-corrected chi connectivity index (χ4v) is 2.30. The van der Waals surface area contributed by atoms with Gasteiger partial charge in [-0.3, -0.25) is 14.4 Å². The molecule has 0 aromatic heterocycles. The summed E-state index contributed by atoms with van der Waals surface area (Å²) in [5.74, 6) is -1.16. The first-order chi connectivity index (χ1) is 8.59. The number of rotatable bonds is 4. The zero-order valence-electron chi connectivity index (χ0n) is 12.3. The van der Waals surface area contributed by atoms with Crippen LogP contribution in [0, 0.1) is 5.92 Å². The van der Waals surface area contributed by atoms with E-state index in [2.05, 4.69) is 5.32 Å². The molecule has 0 radical (unpaired) electrons. The van der Waals surface area contributed by atoms with Gasteiger partial charge in [-0.2, -0.15) is 0 Å². The quantitative estimate of drug-likeness (QED) is 0.621. The average Bonchev–Trinajstić information content (AvgIpc) is 2.51. The summed E-state index contributed by atoms with van der Waals surface area (Å²) >= 11 is 0. The van der Waals surface area contributed by atoms with Crippen LogP contribution in [-0.4, -0.2) is 28.8 Å². The number of ether oxygens (including phenoxy) is 1. The fraction of sp³-hybridized carbons (Fsp3) is 0.786. The molecule has 1 saturated heterocycles. The third kappa shape index (κ3) is 3.78. The molecular formula is C14H23NO4. The average molecular weight is 269 g/mol. The van der Waals surface area contributed by atoms with E-state index in [0.29, 0.717) is 12.8 Å². The highest BCUT2D eigenvalue weighted by Gasteiger charge is 2.46. The van der Waals surface area contributed by atoms with E-state index in [-0.39, 0.29) is 24.1 Å². The number of carbonyl (C=O) groups excluding carboxylic acids is 3. The molecule has 0 aromatic rings. The molecule has 108 valence electrons. The van der Waals surface area contributed by atoms with Crippen LogP contribution < -0.4 is 5.32 Å². The number of Topliss-reactive ketones (excluding diaryl/α,β-unsaturated/α-hetero) is 1. The lowest BCUT2D eigenvalue weighted by Crippen LogP contribution is -2.48. The van der Waals surface area contributed by atoms with E-state index in [9.17, 15) is 14.4 Å². The van der Waals surface area contributed by atoms with Gasteiger partial charge in [-0.15, -0.1) is 0 Å². The fourth-order valence-electron chi connectivity index (χ4n) is 2.30. The maximum absolute atomic E-state index is 11.9. The molecule has 1 heterocycles. The third-order valence-corrected chi connectivity index (χ3v) is 3.30. The van der Waals surface area contributed by atoms with Crippen LogP contribution in [0.25, 0.3) is 0 Å². The van der Waals surface area contributed by atoms with Gasteiger partial charge in [0.2, 0.25) is 5.91 Å². The summed E-state index contributed by atoms with van der Waals surface area (Å²) < 4.78 is 5.30. The van der Waals surface area contributed by atoms with E-state index in [1.165, 1.54) is 0 Å². The Morgan fingerprint density at radius 1 is 1.42 bits per heavy atom. The van der Waals surface area contributed by atoms with Crippen molar-refractivity contribution in [2.24, 2.45) is 5.92 Å². The Balaban J connectivity index is 2.74. The topological polar surface area (TPSA) is 72.5 Å². The lowest BCUT2D eigenvalue weighted by atomic mass is 9.83. The Hall–Kier alpha value is -1.39. The zero-order valence-corrected chi connectivity index (χ0v) is 12.3. The molecule has 0 saturated carbocycles. The largest absolute Gasteiger partial charge is 0.460 e. The first kappa shape index (κ1) is 15.7. The predicted molar refractivity (Wildman–Crippen MR) is 70.4 cm³/mol. The van der Waals surface area contributed by atoms with Crippen molar-refractivity contribution in [3.63, 3.8) is 0 Å². The van der Waals surface area contributed by atoms with Gasteiger partial charge in [0.1, 0.15) is 5.60 Å². The Bertz CT molecular complexity index is 397. The molecule has 19 heavy (non-hydrogen) atoms. The molecule has 0 unspecified atom stereocenters. The van der Waals surface area contributed by atoms with E-state index < -0.39 is 17.1 Å². The zero-order chi connectivity index (χ0) is 14.8. The Labute approximate surface area is 114 Å². The lowest BCUT2D eigenvalue weighted by Gasteiger charge is -2.30. The van der Waals surface area contributed by atoms with Crippen molar-refractivity contribution >= 4 is 17.7 Å². The molecule has 1 aliphatic heterocycles. The van der Waals surface area contributed by atoms with Gasteiger partial charge in [-0.05, 0) is 33.6 Å².